The third kappa shape index (κ3) is 2.42. The molecule has 0 amide bonds. The Kier molecular flexibility index (Phi) is 3.24. The molecule has 0 saturated heterocycles. The summed E-state index contributed by atoms with van der Waals surface area (Å²) in [6.07, 6.45) is 2.08. The lowest BCUT2D eigenvalue weighted by atomic mass is 10.3. The molecule has 1 fully saturated rings. The zero-order valence-electron chi connectivity index (χ0n) is 10.4. The number of hydrogen-bond acceptors (Lipinski definition) is 7. The summed E-state index contributed by atoms with van der Waals surface area (Å²) in [5.74, 6) is -0.352. The zero-order valence-corrected chi connectivity index (χ0v) is 10.4. The molecule has 1 aromatic rings. The summed E-state index contributed by atoms with van der Waals surface area (Å²) < 4.78 is 15.1. The van der Waals surface area contributed by atoms with Crippen molar-refractivity contribution in [1.29, 1.82) is 0 Å². The molecule has 1 aromatic heterocycles. The van der Waals surface area contributed by atoms with E-state index in [4.69, 9.17) is 9.47 Å². The summed E-state index contributed by atoms with van der Waals surface area (Å²) in [7, 11) is 2.61. The average Bonchev–Trinajstić information content (AvgIpc) is 3.18. The smallest absolute Gasteiger partial charge is 0.350 e. The van der Waals surface area contributed by atoms with Crippen LogP contribution in [0.15, 0.2) is 12.3 Å². The minimum Gasteiger partial charge on any atom is -0.491 e. The number of pyridine rings is 1. The van der Waals surface area contributed by atoms with E-state index in [1.165, 1.54) is 20.3 Å². The third-order valence-corrected chi connectivity index (χ3v) is 2.79. The minimum atomic E-state index is -1.04. The van der Waals surface area contributed by atoms with E-state index in [1.54, 1.807) is 0 Å². The van der Waals surface area contributed by atoms with Gasteiger partial charge in [0.1, 0.15) is 6.20 Å². The SMILES string of the molecule is COC(=O)C1(Oc2ncc([N+](=O)[O-])cc2OC)CC1. The van der Waals surface area contributed by atoms with Crippen molar-refractivity contribution in [2.24, 2.45) is 0 Å². The van der Waals surface area contributed by atoms with Crippen LogP contribution in [0.2, 0.25) is 0 Å². The van der Waals surface area contributed by atoms with E-state index >= 15 is 0 Å². The Morgan fingerprint density at radius 2 is 2.16 bits per heavy atom. The van der Waals surface area contributed by atoms with Gasteiger partial charge in [-0.1, -0.05) is 0 Å². The maximum absolute atomic E-state index is 11.6. The predicted molar refractivity (Wildman–Crippen MR) is 62.1 cm³/mol. The molecule has 19 heavy (non-hydrogen) atoms. The fraction of sp³-hybridized carbons (Fsp3) is 0.455. The van der Waals surface area contributed by atoms with E-state index in [2.05, 4.69) is 9.72 Å². The highest BCUT2D eigenvalue weighted by atomic mass is 16.6. The highest BCUT2D eigenvalue weighted by Gasteiger charge is 2.55. The lowest BCUT2D eigenvalue weighted by molar-refractivity contribution is -0.385. The lowest BCUT2D eigenvalue weighted by Crippen LogP contribution is -2.31. The van der Waals surface area contributed by atoms with E-state index in [1.807, 2.05) is 0 Å². The number of carbonyl (C=O) groups is 1. The van der Waals surface area contributed by atoms with Gasteiger partial charge in [-0.15, -0.1) is 0 Å². The van der Waals surface area contributed by atoms with Crippen molar-refractivity contribution in [3.8, 4) is 11.6 Å². The van der Waals surface area contributed by atoms with Crippen molar-refractivity contribution < 1.29 is 23.9 Å². The molecule has 0 N–H and O–H groups in total. The fourth-order valence-electron chi connectivity index (χ4n) is 1.58. The van der Waals surface area contributed by atoms with Crippen LogP contribution >= 0.6 is 0 Å². The molecule has 0 radical (unpaired) electrons. The number of nitro groups is 1. The van der Waals surface area contributed by atoms with E-state index < -0.39 is 16.5 Å². The minimum absolute atomic E-state index is 0.0380. The van der Waals surface area contributed by atoms with E-state index in [9.17, 15) is 14.9 Å². The van der Waals surface area contributed by atoms with Gasteiger partial charge in [0.05, 0.1) is 25.2 Å². The number of carbonyl (C=O) groups excluding carboxylic acids is 1. The summed E-state index contributed by atoms with van der Waals surface area (Å²) in [6, 6.07) is 1.19. The van der Waals surface area contributed by atoms with Crippen LogP contribution in [0.5, 0.6) is 11.6 Å². The molecule has 1 heterocycles. The molecule has 0 bridgehead atoms. The molecule has 0 spiro atoms. The summed E-state index contributed by atoms with van der Waals surface area (Å²) in [6.45, 7) is 0. The first kappa shape index (κ1) is 13.1. The largest absolute Gasteiger partial charge is 0.491 e. The van der Waals surface area contributed by atoms with Gasteiger partial charge in [-0.3, -0.25) is 10.1 Å². The Hall–Kier alpha value is -2.38. The van der Waals surface area contributed by atoms with Crippen LogP contribution in [-0.2, 0) is 9.53 Å². The van der Waals surface area contributed by atoms with Gasteiger partial charge in [0, 0.05) is 12.8 Å². The van der Waals surface area contributed by atoms with Crippen molar-refractivity contribution >= 4 is 11.7 Å². The monoisotopic (exact) mass is 268 g/mol. The van der Waals surface area contributed by atoms with Crippen LogP contribution in [0, 0.1) is 10.1 Å². The summed E-state index contributed by atoms with van der Waals surface area (Å²) in [5.41, 5.74) is -1.25. The molecule has 0 aromatic carbocycles. The average molecular weight is 268 g/mol. The fourth-order valence-corrected chi connectivity index (χ4v) is 1.58. The number of esters is 1. The van der Waals surface area contributed by atoms with Crippen molar-refractivity contribution in [2.75, 3.05) is 14.2 Å². The predicted octanol–water partition coefficient (Wildman–Crippen LogP) is 1.08. The highest BCUT2D eigenvalue weighted by molar-refractivity contribution is 5.83. The second kappa shape index (κ2) is 4.71. The van der Waals surface area contributed by atoms with Crippen LogP contribution in [0.25, 0.3) is 0 Å². The number of rotatable bonds is 5. The quantitative estimate of drug-likeness (QED) is 0.447. The van der Waals surface area contributed by atoms with Gasteiger partial charge in [-0.05, 0) is 0 Å². The van der Waals surface area contributed by atoms with Gasteiger partial charge in [0.2, 0.25) is 5.60 Å². The molecule has 0 atom stereocenters. The zero-order chi connectivity index (χ0) is 14.0. The van der Waals surface area contributed by atoms with E-state index in [0.717, 1.165) is 6.20 Å². The third-order valence-electron chi connectivity index (χ3n) is 2.79. The van der Waals surface area contributed by atoms with Crippen molar-refractivity contribution in [1.82, 2.24) is 4.98 Å². The second-order valence-corrected chi connectivity index (χ2v) is 4.05. The molecular weight excluding hydrogens is 256 g/mol. The number of hydrogen-bond donors (Lipinski definition) is 0. The Labute approximate surface area is 108 Å². The lowest BCUT2D eigenvalue weighted by Gasteiger charge is -2.16. The summed E-state index contributed by atoms with van der Waals surface area (Å²) in [4.78, 5) is 25.4. The first-order valence-corrected chi connectivity index (χ1v) is 5.48. The standard InChI is InChI=1S/C11H12N2O6/c1-17-8-5-7(13(15)16)6-12-9(8)19-11(3-4-11)10(14)18-2/h5-6H,3-4H2,1-2H3. The summed E-state index contributed by atoms with van der Waals surface area (Å²) in [5, 5.41) is 10.6. The van der Waals surface area contributed by atoms with E-state index in [0.29, 0.717) is 12.8 Å². The van der Waals surface area contributed by atoms with Crippen LogP contribution < -0.4 is 9.47 Å². The molecule has 0 unspecified atom stereocenters. The van der Waals surface area contributed by atoms with Crippen molar-refractivity contribution in [3.05, 3.63) is 22.4 Å². The van der Waals surface area contributed by atoms with E-state index in [-0.39, 0.29) is 17.3 Å². The molecule has 8 nitrogen and oxygen atoms in total. The molecule has 1 aliphatic carbocycles. The first-order valence-electron chi connectivity index (χ1n) is 5.48. The molecular formula is C11H12N2O6. The van der Waals surface area contributed by atoms with Gasteiger partial charge in [-0.2, -0.15) is 0 Å². The van der Waals surface area contributed by atoms with Crippen LogP contribution in [0.1, 0.15) is 12.8 Å². The molecule has 2 rings (SSSR count). The van der Waals surface area contributed by atoms with Crippen LogP contribution in [0.4, 0.5) is 5.69 Å². The molecule has 8 heteroatoms. The molecule has 0 aliphatic heterocycles. The van der Waals surface area contributed by atoms with Crippen LogP contribution in [-0.4, -0.2) is 35.7 Å². The van der Waals surface area contributed by atoms with Gasteiger partial charge < -0.3 is 14.2 Å². The van der Waals surface area contributed by atoms with Crippen LogP contribution in [0.3, 0.4) is 0 Å². The second-order valence-electron chi connectivity index (χ2n) is 4.05. The van der Waals surface area contributed by atoms with Crippen molar-refractivity contribution in [2.45, 2.75) is 18.4 Å². The number of methoxy groups -OCH3 is 2. The first-order chi connectivity index (χ1) is 9.02. The van der Waals surface area contributed by atoms with Gasteiger partial charge >= 0.3 is 5.97 Å². The topological polar surface area (TPSA) is 101 Å². The summed E-state index contributed by atoms with van der Waals surface area (Å²) >= 11 is 0. The maximum Gasteiger partial charge on any atom is 0.350 e. The molecule has 1 saturated carbocycles. The Bertz CT molecular complexity index is 526. The van der Waals surface area contributed by atoms with Crippen molar-refractivity contribution in [3.63, 3.8) is 0 Å². The van der Waals surface area contributed by atoms with Gasteiger partial charge in [-0.25, -0.2) is 9.78 Å². The maximum atomic E-state index is 11.6. The Balaban J connectivity index is 2.26. The molecule has 102 valence electrons. The highest BCUT2D eigenvalue weighted by Crippen LogP contribution is 2.43. The number of nitrogens with zero attached hydrogens (tertiary/aromatic N) is 2. The molecule has 1 aliphatic rings. The number of ether oxygens (including phenoxy) is 3. The Morgan fingerprint density at radius 1 is 1.47 bits per heavy atom. The van der Waals surface area contributed by atoms with Gasteiger partial charge in [0.25, 0.3) is 11.6 Å². The number of aromatic nitrogens is 1. The Morgan fingerprint density at radius 3 is 2.63 bits per heavy atom. The van der Waals surface area contributed by atoms with Gasteiger partial charge in [0.15, 0.2) is 5.75 Å². The normalized spacial score (nSPS) is 15.5.